The van der Waals surface area contributed by atoms with Gasteiger partial charge in [0, 0.05) is 5.56 Å². The van der Waals surface area contributed by atoms with Gasteiger partial charge in [-0.05, 0) is 37.6 Å². The van der Waals surface area contributed by atoms with Crippen molar-refractivity contribution >= 4 is 11.5 Å². The maximum atomic E-state index is 13.2. The topological polar surface area (TPSA) is 68.1 Å². The van der Waals surface area contributed by atoms with E-state index in [2.05, 4.69) is 10.3 Å². The Morgan fingerprint density at radius 1 is 1.40 bits per heavy atom. The van der Waals surface area contributed by atoms with Crippen LogP contribution in [0.2, 0.25) is 0 Å². The van der Waals surface area contributed by atoms with Crippen molar-refractivity contribution < 1.29 is 9.31 Å². The number of nitrogens with zero attached hydrogens (tertiary/aromatic N) is 2. The summed E-state index contributed by atoms with van der Waals surface area (Å²) in [5, 5.41) is 13.8. The lowest BCUT2D eigenvalue weighted by Crippen LogP contribution is -2.08. The number of nitro groups is 1. The van der Waals surface area contributed by atoms with Gasteiger partial charge in [-0.3, -0.25) is 10.1 Å². The molecule has 0 saturated heterocycles. The van der Waals surface area contributed by atoms with Gasteiger partial charge in [-0.25, -0.2) is 9.37 Å². The highest BCUT2D eigenvalue weighted by atomic mass is 19.1. The summed E-state index contributed by atoms with van der Waals surface area (Å²) in [6.07, 6.45) is 1.22. The fraction of sp³-hybridized carbons (Fsp3) is 0.214. The second kappa shape index (κ2) is 5.64. The number of anilines is 1. The quantitative estimate of drug-likeness (QED) is 0.683. The zero-order valence-corrected chi connectivity index (χ0v) is 11.1. The Hall–Kier alpha value is -2.50. The molecule has 5 nitrogen and oxygen atoms in total. The van der Waals surface area contributed by atoms with Crippen LogP contribution in [-0.4, -0.2) is 9.91 Å². The number of hydrogen-bond acceptors (Lipinski definition) is 4. The molecule has 0 aliphatic rings. The van der Waals surface area contributed by atoms with Crippen molar-refractivity contribution in [2.75, 3.05) is 5.32 Å². The molecule has 1 heterocycles. The first-order valence-electron chi connectivity index (χ1n) is 6.10. The molecule has 0 bridgehead atoms. The van der Waals surface area contributed by atoms with Gasteiger partial charge in [-0.2, -0.15) is 0 Å². The molecule has 2 aromatic rings. The number of nitrogens with one attached hydrogen (secondary N) is 1. The lowest BCUT2D eigenvalue weighted by Gasteiger charge is -2.15. The molecule has 0 radical (unpaired) electrons. The molecule has 1 aromatic carbocycles. The van der Waals surface area contributed by atoms with Crippen molar-refractivity contribution in [2.24, 2.45) is 0 Å². The molecule has 0 saturated carbocycles. The Balaban J connectivity index is 2.18. The van der Waals surface area contributed by atoms with E-state index in [0.717, 1.165) is 5.56 Å². The minimum atomic E-state index is -0.470. The molecular weight excluding hydrogens is 261 g/mol. The van der Waals surface area contributed by atoms with E-state index in [-0.39, 0.29) is 17.5 Å². The number of pyridine rings is 1. The van der Waals surface area contributed by atoms with Crippen LogP contribution in [0.15, 0.2) is 36.5 Å². The second-order valence-corrected chi connectivity index (χ2v) is 4.53. The monoisotopic (exact) mass is 275 g/mol. The van der Waals surface area contributed by atoms with Crippen molar-refractivity contribution in [2.45, 2.75) is 19.9 Å². The van der Waals surface area contributed by atoms with Crippen LogP contribution in [-0.2, 0) is 0 Å². The lowest BCUT2D eigenvalue weighted by atomic mass is 10.1. The molecule has 2 rings (SSSR count). The van der Waals surface area contributed by atoms with E-state index in [0.29, 0.717) is 11.4 Å². The molecule has 0 aliphatic heterocycles. The van der Waals surface area contributed by atoms with E-state index in [4.69, 9.17) is 0 Å². The third-order valence-electron chi connectivity index (χ3n) is 2.99. The summed E-state index contributed by atoms with van der Waals surface area (Å²) in [7, 11) is 0. The highest BCUT2D eigenvalue weighted by Crippen LogP contribution is 2.22. The summed E-state index contributed by atoms with van der Waals surface area (Å²) in [4.78, 5) is 14.2. The summed E-state index contributed by atoms with van der Waals surface area (Å²) in [5.74, 6) is 0.217. The van der Waals surface area contributed by atoms with Crippen molar-refractivity contribution in [3.05, 3.63) is 63.6 Å². The second-order valence-electron chi connectivity index (χ2n) is 4.53. The average molecular weight is 275 g/mol. The standard InChI is InChI=1S/C14H14FN3O2/c1-9-6-14(16-8-13(9)18(19)20)17-10(2)11-4-3-5-12(15)7-11/h3-8,10H,1-2H3,(H,16,17). The van der Waals surface area contributed by atoms with E-state index in [1.165, 1.54) is 18.3 Å². The van der Waals surface area contributed by atoms with Crippen LogP contribution in [0.1, 0.15) is 24.1 Å². The van der Waals surface area contributed by atoms with Crippen molar-refractivity contribution in [1.82, 2.24) is 4.98 Å². The summed E-state index contributed by atoms with van der Waals surface area (Å²) >= 11 is 0. The first-order valence-corrected chi connectivity index (χ1v) is 6.10. The van der Waals surface area contributed by atoms with Crippen LogP contribution in [0.25, 0.3) is 0 Å². The van der Waals surface area contributed by atoms with Gasteiger partial charge in [0.15, 0.2) is 0 Å². The van der Waals surface area contributed by atoms with Gasteiger partial charge >= 0.3 is 0 Å². The van der Waals surface area contributed by atoms with E-state index in [9.17, 15) is 14.5 Å². The van der Waals surface area contributed by atoms with Gasteiger partial charge in [-0.1, -0.05) is 12.1 Å². The Labute approximate surface area is 115 Å². The highest BCUT2D eigenvalue weighted by molar-refractivity contribution is 5.48. The fourth-order valence-corrected chi connectivity index (χ4v) is 1.90. The van der Waals surface area contributed by atoms with Crippen molar-refractivity contribution in [1.29, 1.82) is 0 Å². The van der Waals surface area contributed by atoms with Crippen LogP contribution < -0.4 is 5.32 Å². The van der Waals surface area contributed by atoms with E-state index >= 15 is 0 Å². The van der Waals surface area contributed by atoms with Gasteiger partial charge in [0.05, 0.1) is 11.0 Å². The van der Waals surface area contributed by atoms with Crippen LogP contribution in [0.5, 0.6) is 0 Å². The largest absolute Gasteiger partial charge is 0.364 e. The van der Waals surface area contributed by atoms with Gasteiger partial charge in [0.2, 0.25) is 0 Å². The van der Waals surface area contributed by atoms with Gasteiger partial charge < -0.3 is 5.32 Å². The normalized spacial score (nSPS) is 11.9. The van der Waals surface area contributed by atoms with Crippen molar-refractivity contribution in [3.63, 3.8) is 0 Å². The SMILES string of the molecule is Cc1cc(NC(C)c2cccc(F)c2)ncc1[N+](=O)[O-]. The molecule has 0 amide bonds. The molecular formula is C14H14FN3O2. The Bertz CT molecular complexity index is 646. The zero-order valence-electron chi connectivity index (χ0n) is 11.1. The predicted octanol–water partition coefficient (Wildman–Crippen LogP) is 3.61. The minimum absolute atomic E-state index is 0.0195. The highest BCUT2D eigenvalue weighted by Gasteiger charge is 2.13. The van der Waals surface area contributed by atoms with Gasteiger partial charge in [0.25, 0.3) is 5.69 Å². The predicted molar refractivity (Wildman–Crippen MR) is 74.1 cm³/mol. The molecule has 0 spiro atoms. The zero-order chi connectivity index (χ0) is 14.7. The number of aryl methyl sites for hydroxylation is 1. The number of hydrogen-bond donors (Lipinski definition) is 1. The average Bonchev–Trinajstić information content (AvgIpc) is 2.38. The lowest BCUT2D eigenvalue weighted by molar-refractivity contribution is -0.385. The first kappa shape index (κ1) is 13.9. The van der Waals surface area contributed by atoms with E-state index in [1.807, 2.05) is 6.92 Å². The third-order valence-corrected chi connectivity index (χ3v) is 2.99. The van der Waals surface area contributed by atoms with Crippen LogP contribution >= 0.6 is 0 Å². The first-order chi connectivity index (χ1) is 9.47. The van der Waals surface area contributed by atoms with Crippen molar-refractivity contribution in [3.8, 4) is 0 Å². The summed E-state index contributed by atoms with van der Waals surface area (Å²) in [6, 6.07) is 7.71. The van der Waals surface area contributed by atoms with E-state index in [1.54, 1.807) is 25.1 Å². The molecule has 6 heteroatoms. The number of aromatic nitrogens is 1. The minimum Gasteiger partial charge on any atom is -0.364 e. The summed E-state index contributed by atoms with van der Waals surface area (Å²) < 4.78 is 13.2. The van der Waals surface area contributed by atoms with Gasteiger partial charge in [-0.15, -0.1) is 0 Å². The van der Waals surface area contributed by atoms with E-state index < -0.39 is 4.92 Å². The van der Waals surface area contributed by atoms with Crippen LogP contribution in [0.4, 0.5) is 15.9 Å². The maximum absolute atomic E-state index is 13.2. The molecule has 1 aromatic heterocycles. The molecule has 0 fully saturated rings. The summed E-state index contributed by atoms with van der Waals surface area (Å²) in [5.41, 5.74) is 1.29. The van der Waals surface area contributed by atoms with Gasteiger partial charge in [0.1, 0.15) is 17.8 Å². The third kappa shape index (κ3) is 3.09. The molecule has 20 heavy (non-hydrogen) atoms. The Morgan fingerprint density at radius 2 is 2.15 bits per heavy atom. The molecule has 1 N–H and O–H groups in total. The maximum Gasteiger partial charge on any atom is 0.290 e. The molecule has 104 valence electrons. The fourth-order valence-electron chi connectivity index (χ4n) is 1.90. The Kier molecular flexibility index (Phi) is 3.93. The van der Waals surface area contributed by atoms with Crippen LogP contribution in [0, 0.1) is 22.9 Å². The Morgan fingerprint density at radius 3 is 2.75 bits per heavy atom. The smallest absolute Gasteiger partial charge is 0.290 e. The van der Waals surface area contributed by atoms with Crippen LogP contribution in [0.3, 0.4) is 0 Å². The molecule has 1 atom stereocenters. The summed E-state index contributed by atoms with van der Waals surface area (Å²) in [6.45, 7) is 3.52. The molecule has 1 unspecified atom stereocenters. The number of halogens is 1. The number of benzene rings is 1. The number of rotatable bonds is 4. The molecule has 0 aliphatic carbocycles.